The highest BCUT2D eigenvalue weighted by Crippen LogP contribution is 2.29. The van der Waals surface area contributed by atoms with Gasteiger partial charge in [0.15, 0.2) is 0 Å². The molecule has 0 saturated carbocycles. The molecule has 0 radical (unpaired) electrons. The number of halogens is 2. The van der Waals surface area contributed by atoms with Gasteiger partial charge >= 0.3 is 0 Å². The third-order valence-corrected chi connectivity index (χ3v) is 3.38. The van der Waals surface area contributed by atoms with Crippen molar-refractivity contribution in [2.75, 3.05) is 13.7 Å². The van der Waals surface area contributed by atoms with Crippen LogP contribution in [-0.2, 0) is 0 Å². The molecule has 1 unspecified atom stereocenters. The van der Waals surface area contributed by atoms with Gasteiger partial charge in [-0.25, -0.2) is 14.4 Å². The summed E-state index contributed by atoms with van der Waals surface area (Å²) in [6.45, 7) is 2.81. The lowest BCUT2D eigenvalue weighted by molar-refractivity contribution is 0.394. The molecule has 0 aliphatic heterocycles. The van der Waals surface area contributed by atoms with Crippen LogP contribution in [0.1, 0.15) is 30.6 Å². The van der Waals surface area contributed by atoms with E-state index in [1.54, 1.807) is 12.1 Å². The van der Waals surface area contributed by atoms with Gasteiger partial charge in [0, 0.05) is 11.1 Å². The van der Waals surface area contributed by atoms with E-state index < -0.39 is 0 Å². The zero-order chi connectivity index (χ0) is 15.2. The number of methoxy groups -OCH3 is 1. The first-order valence-electron chi connectivity index (χ1n) is 6.70. The normalized spacial score (nSPS) is 12.2. The lowest BCUT2D eigenvalue weighted by Gasteiger charge is -2.20. The van der Waals surface area contributed by atoms with Gasteiger partial charge in [-0.15, -0.1) is 0 Å². The third-order valence-electron chi connectivity index (χ3n) is 3.04. The molecule has 0 aliphatic carbocycles. The molecule has 0 saturated heterocycles. The van der Waals surface area contributed by atoms with E-state index >= 15 is 0 Å². The highest BCUT2D eigenvalue weighted by Gasteiger charge is 2.19. The molecule has 2 aromatic rings. The maximum atomic E-state index is 13.5. The van der Waals surface area contributed by atoms with Crippen molar-refractivity contribution in [3.8, 4) is 5.88 Å². The number of hydrogen-bond donors (Lipinski definition) is 1. The van der Waals surface area contributed by atoms with Crippen LogP contribution in [0.4, 0.5) is 4.39 Å². The topological polar surface area (TPSA) is 47.0 Å². The molecular formula is C15H17ClFN3O. The van der Waals surface area contributed by atoms with Crippen molar-refractivity contribution < 1.29 is 9.13 Å². The summed E-state index contributed by atoms with van der Waals surface area (Å²) in [4.78, 5) is 8.24. The number of rotatable bonds is 6. The summed E-state index contributed by atoms with van der Waals surface area (Å²) in [7, 11) is 1.54. The first kappa shape index (κ1) is 15.7. The molecule has 0 bridgehead atoms. The van der Waals surface area contributed by atoms with Crippen LogP contribution in [0.2, 0.25) is 5.02 Å². The smallest absolute Gasteiger partial charge is 0.216 e. The summed E-state index contributed by atoms with van der Waals surface area (Å²) >= 11 is 6.21. The molecule has 0 fully saturated rings. The summed E-state index contributed by atoms with van der Waals surface area (Å²) in [6, 6.07) is 5.71. The van der Waals surface area contributed by atoms with Gasteiger partial charge in [-0.05, 0) is 36.7 Å². The first-order valence-corrected chi connectivity index (χ1v) is 7.07. The van der Waals surface area contributed by atoms with Crippen LogP contribution in [0.15, 0.2) is 30.6 Å². The number of aromatic nitrogens is 2. The molecule has 1 aromatic heterocycles. The Kier molecular flexibility index (Phi) is 5.47. The van der Waals surface area contributed by atoms with E-state index in [1.807, 2.05) is 0 Å². The van der Waals surface area contributed by atoms with E-state index in [0.29, 0.717) is 22.2 Å². The number of benzene rings is 1. The highest BCUT2D eigenvalue weighted by molar-refractivity contribution is 6.31. The molecule has 0 spiro atoms. The van der Waals surface area contributed by atoms with Gasteiger partial charge in [0.1, 0.15) is 12.1 Å². The fourth-order valence-electron chi connectivity index (χ4n) is 2.02. The Morgan fingerprint density at radius 3 is 2.86 bits per heavy atom. The minimum Gasteiger partial charge on any atom is -0.481 e. The molecule has 0 amide bonds. The van der Waals surface area contributed by atoms with E-state index in [4.69, 9.17) is 16.3 Å². The molecule has 1 heterocycles. The largest absolute Gasteiger partial charge is 0.481 e. The molecule has 0 aliphatic rings. The molecule has 21 heavy (non-hydrogen) atoms. The molecular weight excluding hydrogens is 293 g/mol. The van der Waals surface area contributed by atoms with Crippen molar-refractivity contribution in [2.45, 2.75) is 19.4 Å². The summed E-state index contributed by atoms with van der Waals surface area (Å²) in [5, 5.41) is 3.81. The van der Waals surface area contributed by atoms with Crippen LogP contribution in [-0.4, -0.2) is 23.6 Å². The molecule has 2 rings (SSSR count). The highest BCUT2D eigenvalue weighted by atomic mass is 35.5. The predicted molar refractivity (Wildman–Crippen MR) is 80.1 cm³/mol. The van der Waals surface area contributed by atoms with Crippen LogP contribution in [0, 0.1) is 5.82 Å². The van der Waals surface area contributed by atoms with Gasteiger partial charge in [0.05, 0.1) is 18.8 Å². The number of ether oxygens (including phenoxy) is 1. The zero-order valence-electron chi connectivity index (χ0n) is 11.9. The quantitative estimate of drug-likeness (QED) is 0.889. The predicted octanol–water partition coefficient (Wildman–Crippen LogP) is 3.37. The Balaban J connectivity index is 2.44. The second-order valence-corrected chi connectivity index (χ2v) is 4.95. The van der Waals surface area contributed by atoms with Gasteiger partial charge in [-0.2, -0.15) is 0 Å². The minimum atomic E-state index is -0.335. The third kappa shape index (κ3) is 3.89. The van der Waals surface area contributed by atoms with E-state index in [0.717, 1.165) is 13.0 Å². The Morgan fingerprint density at radius 2 is 2.14 bits per heavy atom. The first-order chi connectivity index (χ1) is 10.2. The van der Waals surface area contributed by atoms with E-state index in [-0.39, 0.29) is 11.9 Å². The van der Waals surface area contributed by atoms with Gasteiger partial charge in [0.2, 0.25) is 5.88 Å². The maximum Gasteiger partial charge on any atom is 0.216 e. The van der Waals surface area contributed by atoms with Crippen LogP contribution >= 0.6 is 11.6 Å². The van der Waals surface area contributed by atoms with E-state index in [2.05, 4.69) is 22.2 Å². The van der Waals surface area contributed by atoms with Crippen molar-refractivity contribution in [1.82, 2.24) is 15.3 Å². The van der Waals surface area contributed by atoms with Gasteiger partial charge in [0.25, 0.3) is 0 Å². The van der Waals surface area contributed by atoms with Crippen LogP contribution in [0.3, 0.4) is 0 Å². The second-order valence-electron chi connectivity index (χ2n) is 4.54. The van der Waals surface area contributed by atoms with E-state index in [1.165, 1.54) is 25.6 Å². The van der Waals surface area contributed by atoms with Crippen molar-refractivity contribution in [3.63, 3.8) is 0 Å². The monoisotopic (exact) mass is 309 g/mol. The average Bonchev–Trinajstić information content (AvgIpc) is 2.51. The van der Waals surface area contributed by atoms with E-state index in [9.17, 15) is 4.39 Å². The molecule has 112 valence electrons. The summed E-state index contributed by atoms with van der Waals surface area (Å²) < 4.78 is 18.7. The van der Waals surface area contributed by atoms with Crippen LogP contribution in [0.25, 0.3) is 0 Å². The SMILES string of the molecule is CCCNC(c1cc(OC)ncn1)c1cc(F)ccc1Cl. The maximum absolute atomic E-state index is 13.5. The van der Waals surface area contributed by atoms with Gasteiger partial charge in [-0.1, -0.05) is 18.5 Å². The molecule has 1 N–H and O–H groups in total. The fraction of sp³-hybridized carbons (Fsp3) is 0.333. The molecule has 1 atom stereocenters. The van der Waals surface area contributed by atoms with Crippen molar-refractivity contribution in [2.24, 2.45) is 0 Å². The van der Waals surface area contributed by atoms with Crippen molar-refractivity contribution in [3.05, 3.63) is 52.7 Å². The van der Waals surface area contributed by atoms with Crippen LogP contribution in [0.5, 0.6) is 5.88 Å². The van der Waals surface area contributed by atoms with Crippen molar-refractivity contribution in [1.29, 1.82) is 0 Å². The van der Waals surface area contributed by atoms with Gasteiger partial charge < -0.3 is 10.1 Å². The summed E-state index contributed by atoms with van der Waals surface area (Å²) in [6.07, 6.45) is 2.35. The Labute approximate surface area is 128 Å². The summed E-state index contributed by atoms with van der Waals surface area (Å²) in [5.74, 6) is 0.120. The fourth-order valence-corrected chi connectivity index (χ4v) is 2.25. The Morgan fingerprint density at radius 1 is 1.33 bits per heavy atom. The Hall–Kier alpha value is -1.72. The minimum absolute atomic E-state index is 0.315. The number of nitrogens with zero attached hydrogens (tertiary/aromatic N) is 2. The average molecular weight is 310 g/mol. The molecule has 6 heteroatoms. The standard InChI is InChI=1S/C15H17ClFN3O/c1-3-6-18-15(11-7-10(17)4-5-12(11)16)13-8-14(21-2)20-9-19-13/h4-5,7-9,15,18H,3,6H2,1-2H3. The Bertz CT molecular complexity index is 609. The number of nitrogens with one attached hydrogen (secondary N) is 1. The lowest BCUT2D eigenvalue weighted by Crippen LogP contribution is -2.24. The second kappa shape index (κ2) is 7.33. The summed E-state index contributed by atoms with van der Waals surface area (Å²) in [5.41, 5.74) is 1.33. The van der Waals surface area contributed by atoms with Crippen LogP contribution < -0.4 is 10.1 Å². The molecule has 4 nitrogen and oxygen atoms in total. The van der Waals surface area contributed by atoms with Gasteiger partial charge in [-0.3, -0.25) is 0 Å². The molecule has 1 aromatic carbocycles. The van der Waals surface area contributed by atoms with Crippen molar-refractivity contribution >= 4 is 11.6 Å². The zero-order valence-corrected chi connectivity index (χ0v) is 12.7. The number of hydrogen-bond acceptors (Lipinski definition) is 4. The lowest BCUT2D eigenvalue weighted by atomic mass is 10.0.